The van der Waals surface area contributed by atoms with Gasteiger partial charge in [0.05, 0.1) is 0 Å². The number of carbonyl (C=O) groups is 2. The van der Waals surface area contributed by atoms with E-state index in [0.29, 0.717) is 25.1 Å². The largest absolute Gasteiger partial charge is 0.481 e. The molecule has 2 rings (SSSR count). The van der Waals surface area contributed by atoms with Crippen LogP contribution in [0, 0.1) is 11.7 Å². The summed E-state index contributed by atoms with van der Waals surface area (Å²) in [5.41, 5.74) is 0.711. The van der Waals surface area contributed by atoms with Crippen molar-refractivity contribution in [2.45, 2.75) is 25.7 Å². The van der Waals surface area contributed by atoms with Gasteiger partial charge in [-0.25, -0.2) is 4.39 Å². The Morgan fingerprint density at radius 1 is 1.40 bits per heavy atom. The fourth-order valence-electron chi connectivity index (χ4n) is 2.78. The van der Waals surface area contributed by atoms with Gasteiger partial charge in [0.2, 0.25) is 5.91 Å². The predicted molar refractivity (Wildman–Crippen MR) is 71.8 cm³/mol. The van der Waals surface area contributed by atoms with Crippen molar-refractivity contribution < 1.29 is 19.1 Å². The Kier molecular flexibility index (Phi) is 4.37. The number of carbonyl (C=O) groups excluding carboxylic acids is 1. The number of carboxylic acids is 1. The molecule has 2 atom stereocenters. The molecule has 1 fully saturated rings. The normalized spacial score (nSPS) is 22.9. The second-order valence-electron chi connectivity index (χ2n) is 5.09. The molecule has 1 aliphatic rings. The first-order chi connectivity index (χ1) is 9.54. The Labute approximate surface area is 117 Å². The van der Waals surface area contributed by atoms with Crippen LogP contribution in [0.2, 0.25) is 0 Å². The van der Waals surface area contributed by atoms with Crippen molar-refractivity contribution in [3.8, 4) is 0 Å². The number of likely N-dealkylation sites (tertiary alicyclic amines) is 1. The molecule has 1 aliphatic heterocycles. The van der Waals surface area contributed by atoms with E-state index in [1.807, 2.05) is 6.92 Å². The zero-order chi connectivity index (χ0) is 14.7. The summed E-state index contributed by atoms with van der Waals surface area (Å²) in [6.45, 7) is 3.09. The lowest BCUT2D eigenvalue weighted by molar-refractivity contribution is -0.154. The molecule has 1 aromatic carbocycles. The van der Waals surface area contributed by atoms with Crippen LogP contribution in [0.15, 0.2) is 24.3 Å². The van der Waals surface area contributed by atoms with E-state index in [2.05, 4.69) is 0 Å². The zero-order valence-electron chi connectivity index (χ0n) is 11.4. The lowest BCUT2D eigenvalue weighted by Gasteiger charge is -2.36. The molecule has 1 aromatic rings. The molecule has 1 amide bonds. The second kappa shape index (κ2) is 6.03. The molecule has 1 N–H and O–H groups in total. The van der Waals surface area contributed by atoms with Crippen molar-refractivity contribution in [1.82, 2.24) is 4.90 Å². The van der Waals surface area contributed by atoms with Crippen molar-refractivity contribution in [2.75, 3.05) is 13.1 Å². The fraction of sp³-hybridized carbons (Fsp3) is 0.467. The number of piperidine rings is 1. The monoisotopic (exact) mass is 279 g/mol. The van der Waals surface area contributed by atoms with Crippen molar-refractivity contribution in [3.63, 3.8) is 0 Å². The minimum absolute atomic E-state index is 0.333. The van der Waals surface area contributed by atoms with Crippen molar-refractivity contribution in [1.29, 1.82) is 0 Å². The van der Waals surface area contributed by atoms with Crippen molar-refractivity contribution in [2.24, 2.45) is 5.92 Å². The van der Waals surface area contributed by atoms with Crippen LogP contribution < -0.4 is 0 Å². The first-order valence-corrected chi connectivity index (χ1v) is 6.81. The highest BCUT2D eigenvalue weighted by atomic mass is 19.1. The highest BCUT2D eigenvalue weighted by molar-refractivity contribution is 5.98. The van der Waals surface area contributed by atoms with E-state index >= 15 is 0 Å². The number of amides is 1. The van der Waals surface area contributed by atoms with Crippen LogP contribution in [-0.4, -0.2) is 35.0 Å². The van der Waals surface area contributed by atoms with E-state index in [9.17, 15) is 19.1 Å². The third-order valence-corrected chi connectivity index (χ3v) is 3.75. The van der Waals surface area contributed by atoms with Crippen LogP contribution in [0.1, 0.15) is 31.2 Å². The minimum atomic E-state index is -1.11. The van der Waals surface area contributed by atoms with Crippen molar-refractivity contribution >= 4 is 11.9 Å². The van der Waals surface area contributed by atoms with Gasteiger partial charge < -0.3 is 10.0 Å². The van der Waals surface area contributed by atoms with E-state index in [4.69, 9.17) is 0 Å². The average molecular weight is 279 g/mol. The number of aliphatic carboxylic acids is 1. The molecule has 20 heavy (non-hydrogen) atoms. The Hall–Kier alpha value is -1.91. The molecule has 108 valence electrons. The topological polar surface area (TPSA) is 57.6 Å². The van der Waals surface area contributed by atoms with Crippen LogP contribution in [-0.2, 0) is 9.59 Å². The van der Waals surface area contributed by atoms with Gasteiger partial charge in [-0.3, -0.25) is 9.59 Å². The van der Waals surface area contributed by atoms with E-state index < -0.39 is 11.9 Å². The molecule has 0 radical (unpaired) electrons. The minimum Gasteiger partial charge on any atom is -0.481 e. The van der Waals surface area contributed by atoms with Crippen LogP contribution in [0.5, 0.6) is 0 Å². The predicted octanol–water partition coefficient (Wildman–Crippen LogP) is 2.25. The Bertz CT molecular complexity index is 500. The number of carboxylic acid groups (broad SMARTS) is 1. The molecule has 0 saturated carbocycles. The maximum absolute atomic E-state index is 13.0. The van der Waals surface area contributed by atoms with Gasteiger partial charge in [-0.2, -0.15) is 0 Å². The Balaban J connectivity index is 2.27. The summed E-state index contributed by atoms with van der Waals surface area (Å²) < 4.78 is 13.0. The lowest BCUT2D eigenvalue weighted by atomic mass is 9.80. The van der Waals surface area contributed by atoms with Gasteiger partial charge in [0, 0.05) is 19.0 Å². The highest BCUT2D eigenvalue weighted by Crippen LogP contribution is 2.34. The molecule has 1 heterocycles. The maximum Gasteiger partial charge on any atom is 0.316 e. The van der Waals surface area contributed by atoms with E-state index in [1.165, 1.54) is 12.1 Å². The SMILES string of the molecule is CCCN1CCC(c2ccc(F)cc2)C(C(=O)O)C1=O. The molecule has 1 saturated heterocycles. The Morgan fingerprint density at radius 2 is 2.05 bits per heavy atom. The number of hydrogen-bond donors (Lipinski definition) is 1. The summed E-state index contributed by atoms with van der Waals surface area (Å²) in [5.74, 6) is -3.25. The van der Waals surface area contributed by atoms with Crippen LogP contribution in [0.4, 0.5) is 4.39 Å². The summed E-state index contributed by atoms with van der Waals surface area (Å²) in [4.78, 5) is 25.3. The smallest absolute Gasteiger partial charge is 0.316 e. The molecule has 2 unspecified atom stereocenters. The maximum atomic E-state index is 13.0. The summed E-state index contributed by atoms with van der Waals surface area (Å²) in [7, 11) is 0. The number of hydrogen-bond acceptors (Lipinski definition) is 2. The summed E-state index contributed by atoms with van der Waals surface area (Å²) >= 11 is 0. The van der Waals surface area contributed by atoms with E-state index in [1.54, 1.807) is 17.0 Å². The zero-order valence-corrected chi connectivity index (χ0v) is 11.4. The summed E-state index contributed by atoms with van der Waals surface area (Å²) in [6, 6.07) is 5.74. The quantitative estimate of drug-likeness (QED) is 0.860. The second-order valence-corrected chi connectivity index (χ2v) is 5.09. The summed E-state index contributed by atoms with van der Waals surface area (Å²) in [5, 5.41) is 9.36. The first kappa shape index (κ1) is 14.5. The van der Waals surface area contributed by atoms with Gasteiger partial charge in [0.1, 0.15) is 11.7 Å². The fourth-order valence-corrected chi connectivity index (χ4v) is 2.78. The van der Waals surface area contributed by atoms with Crippen LogP contribution in [0.25, 0.3) is 0 Å². The molecule has 0 bridgehead atoms. The van der Waals surface area contributed by atoms with Crippen LogP contribution >= 0.6 is 0 Å². The Morgan fingerprint density at radius 3 is 2.60 bits per heavy atom. The molecular weight excluding hydrogens is 261 g/mol. The third-order valence-electron chi connectivity index (χ3n) is 3.75. The number of halogens is 1. The average Bonchev–Trinajstić information content (AvgIpc) is 2.41. The molecule has 0 spiro atoms. The van der Waals surface area contributed by atoms with Gasteiger partial charge in [-0.15, -0.1) is 0 Å². The number of nitrogens with zero attached hydrogens (tertiary/aromatic N) is 1. The third kappa shape index (κ3) is 2.81. The van der Waals surface area contributed by atoms with Gasteiger partial charge in [0.15, 0.2) is 0 Å². The molecule has 0 aliphatic carbocycles. The standard InChI is InChI=1S/C15H18FNO3/c1-2-8-17-9-7-12(13(14(17)18)15(19)20)10-3-5-11(16)6-4-10/h3-6,12-13H,2,7-9H2,1H3,(H,19,20). The van der Waals surface area contributed by atoms with E-state index in [0.717, 1.165) is 6.42 Å². The van der Waals surface area contributed by atoms with Gasteiger partial charge >= 0.3 is 5.97 Å². The molecular formula is C15H18FNO3. The summed E-state index contributed by atoms with van der Waals surface area (Å²) in [6.07, 6.45) is 1.40. The number of rotatable bonds is 4. The molecule has 0 aromatic heterocycles. The van der Waals surface area contributed by atoms with Crippen molar-refractivity contribution in [3.05, 3.63) is 35.6 Å². The highest BCUT2D eigenvalue weighted by Gasteiger charge is 2.41. The first-order valence-electron chi connectivity index (χ1n) is 6.81. The van der Waals surface area contributed by atoms with Gasteiger partial charge in [-0.1, -0.05) is 19.1 Å². The van der Waals surface area contributed by atoms with E-state index in [-0.39, 0.29) is 17.6 Å². The van der Waals surface area contributed by atoms with Gasteiger partial charge in [-0.05, 0) is 30.5 Å². The number of benzene rings is 1. The molecule has 5 heteroatoms. The molecule has 4 nitrogen and oxygen atoms in total. The lowest BCUT2D eigenvalue weighted by Crippen LogP contribution is -2.48. The van der Waals surface area contributed by atoms with Gasteiger partial charge in [0.25, 0.3) is 0 Å². The van der Waals surface area contributed by atoms with Crippen LogP contribution in [0.3, 0.4) is 0 Å².